The van der Waals surface area contributed by atoms with E-state index in [0.717, 1.165) is 24.3 Å². The molecule has 0 bridgehead atoms. The quantitative estimate of drug-likeness (QED) is 0.675. The smallest absolute Gasteiger partial charge is 0.416 e. The topological polar surface area (TPSA) is 46.5 Å². The van der Waals surface area contributed by atoms with Gasteiger partial charge in [-0.2, -0.15) is 13.2 Å². The number of esters is 1. The Labute approximate surface area is 112 Å². The van der Waals surface area contributed by atoms with E-state index >= 15 is 0 Å². The lowest BCUT2D eigenvalue weighted by molar-refractivity contribution is -0.137. The largest absolute Gasteiger partial charge is 0.508 e. The van der Waals surface area contributed by atoms with Crippen molar-refractivity contribution in [3.8, 4) is 11.5 Å². The minimum Gasteiger partial charge on any atom is -0.508 e. The van der Waals surface area contributed by atoms with Crippen LogP contribution in [0.3, 0.4) is 0 Å². The van der Waals surface area contributed by atoms with Gasteiger partial charge >= 0.3 is 12.1 Å². The maximum Gasteiger partial charge on any atom is 0.416 e. The normalized spacial score (nSPS) is 11.2. The molecule has 6 heteroatoms. The molecular weight excluding hydrogens is 273 g/mol. The molecule has 0 aliphatic rings. The summed E-state index contributed by atoms with van der Waals surface area (Å²) in [5, 5.41) is 9.07. The number of hydrogen-bond donors (Lipinski definition) is 1. The van der Waals surface area contributed by atoms with Crippen molar-refractivity contribution in [3.63, 3.8) is 0 Å². The molecule has 1 N–H and O–H groups in total. The van der Waals surface area contributed by atoms with Crippen LogP contribution in [-0.4, -0.2) is 11.1 Å². The summed E-state index contributed by atoms with van der Waals surface area (Å²) in [6, 6.07) is 9.12. The molecular formula is C14H9F3O3. The molecule has 0 aliphatic heterocycles. The summed E-state index contributed by atoms with van der Waals surface area (Å²) in [6.45, 7) is 0. The van der Waals surface area contributed by atoms with E-state index in [2.05, 4.69) is 0 Å². The third-order valence-electron chi connectivity index (χ3n) is 2.50. The highest BCUT2D eigenvalue weighted by molar-refractivity contribution is 5.91. The molecule has 0 aromatic heterocycles. The van der Waals surface area contributed by atoms with Crippen molar-refractivity contribution in [1.29, 1.82) is 0 Å². The lowest BCUT2D eigenvalue weighted by atomic mass is 10.1. The Bertz CT molecular complexity index is 601. The minimum atomic E-state index is -4.45. The molecule has 104 valence electrons. The van der Waals surface area contributed by atoms with Crippen LogP contribution in [0, 0.1) is 0 Å². The Morgan fingerprint density at radius 1 is 0.950 bits per heavy atom. The molecule has 20 heavy (non-hydrogen) atoms. The van der Waals surface area contributed by atoms with Crippen molar-refractivity contribution in [2.24, 2.45) is 0 Å². The van der Waals surface area contributed by atoms with Crippen molar-refractivity contribution in [1.82, 2.24) is 0 Å². The molecule has 0 aliphatic carbocycles. The number of carbonyl (C=O) groups is 1. The summed E-state index contributed by atoms with van der Waals surface area (Å²) < 4.78 is 42.0. The van der Waals surface area contributed by atoms with Crippen molar-refractivity contribution >= 4 is 5.97 Å². The van der Waals surface area contributed by atoms with Gasteiger partial charge in [-0.3, -0.25) is 0 Å². The predicted molar refractivity (Wildman–Crippen MR) is 64.5 cm³/mol. The van der Waals surface area contributed by atoms with Crippen LogP contribution in [-0.2, 0) is 6.18 Å². The Morgan fingerprint density at radius 2 is 1.50 bits per heavy atom. The first kappa shape index (κ1) is 13.9. The van der Waals surface area contributed by atoms with E-state index in [1.165, 1.54) is 24.3 Å². The molecule has 0 saturated heterocycles. The van der Waals surface area contributed by atoms with Crippen molar-refractivity contribution in [2.45, 2.75) is 6.18 Å². The molecule has 2 rings (SSSR count). The third kappa shape index (κ3) is 3.28. The van der Waals surface area contributed by atoms with E-state index in [9.17, 15) is 18.0 Å². The van der Waals surface area contributed by atoms with Crippen LogP contribution in [0.5, 0.6) is 11.5 Å². The standard InChI is InChI=1S/C14H9F3O3/c15-14(16,17)10-3-1-9(2-4-10)13(19)20-12-7-5-11(18)6-8-12/h1-8,18H. The second-order valence-electron chi connectivity index (χ2n) is 3.96. The first-order valence-electron chi connectivity index (χ1n) is 5.55. The zero-order valence-electron chi connectivity index (χ0n) is 10.0. The highest BCUT2D eigenvalue weighted by Crippen LogP contribution is 2.29. The highest BCUT2D eigenvalue weighted by Gasteiger charge is 2.30. The van der Waals surface area contributed by atoms with Gasteiger partial charge in [0.25, 0.3) is 0 Å². The minimum absolute atomic E-state index is 0.00562. The first-order valence-corrected chi connectivity index (χ1v) is 5.55. The van der Waals surface area contributed by atoms with E-state index in [1.807, 2.05) is 0 Å². The molecule has 0 spiro atoms. The fourth-order valence-corrected chi connectivity index (χ4v) is 1.48. The van der Waals surface area contributed by atoms with E-state index < -0.39 is 17.7 Å². The number of alkyl halides is 3. The number of aromatic hydroxyl groups is 1. The fourth-order valence-electron chi connectivity index (χ4n) is 1.48. The first-order chi connectivity index (χ1) is 9.36. The Balaban J connectivity index is 2.11. The summed E-state index contributed by atoms with van der Waals surface area (Å²) in [6.07, 6.45) is -4.45. The Kier molecular flexibility index (Phi) is 3.65. The maximum absolute atomic E-state index is 12.4. The van der Waals surface area contributed by atoms with Gasteiger partial charge in [0.05, 0.1) is 11.1 Å². The zero-order chi connectivity index (χ0) is 14.8. The second kappa shape index (κ2) is 5.24. The number of hydrogen-bond acceptors (Lipinski definition) is 3. The van der Waals surface area contributed by atoms with Crippen LogP contribution in [0.25, 0.3) is 0 Å². The number of phenols is 1. The molecule has 0 atom stereocenters. The Hall–Kier alpha value is -2.50. The van der Waals surface area contributed by atoms with Crippen LogP contribution in [0.1, 0.15) is 15.9 Å². The number of halogens is 3. The van der Waals surface area contributed by atoms with Gasteiger partial charge in [-0.1, -0.05) is 0 Å². The van der Waals surface area contributed by atoms with E-state index in [0.29, 0.717) is 0 Å². The second-order valence-corrected chi connectivity index (χ2v) is 3.96. The van der Waals surface area contributed by atoms with Crippen LogP contribution in [0.4, 0.5) is 13.2 Å². The molecule has 0 fully saturated rings. The average molecular weight is 282 g/mol. The van der Waals surface area contributed by atoms with Gasteiger partial charge in [0.1, 0.15) is 11.5 Å². The molecule has 3 nitrogen and oxygen atoms in total. The predicted octanol–water partition coefficient (Wildman–Crippen LogP) is 3.63. The van der Waals surface area contributed by atoms with Gasteiger partial charge in [0.2, 0.25) is 0 Å². The van der Waals surface area contributed by atoms with Crippen molar-refractivity contribution in [2.75, 3.05) is 0 Å². The van der Waals surface area contributed by atoms with Crippen LogP contribution >= 0.6 is 0 Å². The number of carbonyl (C=O) groups excluding carboxylic acids is 1. The maximum atomic E-state index is 12.4. The number of phenolic OH excluding ortho intramolecular Hbond substituents is 1. The highest BCUT2D eigenvalue weighted by atomic mass is 19.4. The summed E-state index contributed by atoms with van der Waals surface area (Å²) in [5.41, 5.74) is -0.829. The van der Waals surface area contributed by atoms with Crippen LogP contribution in [0.2, 0.25) is 0 Å². The van der Waals surface area contributed by atoms with Crippen molar-refractivity contribution < 1.29 is 27.8 Å². The lowest BCUT2D eigenvalue weighted by Gasteiger charge is -2.07. The summed E-state index contributed by atoms with van der Waals surface area (Å²) in [5.74, 6) is -0.573. The van der Waals surface area contributed by atoms with Gasteiger partial charge in [-0.05, 0) is 48.5 Å². The SMILES string of the molecule is O=C(Oc1ccc(O)cc1)c1ccc(C(F)(F)F)cc1. The fraction of sp³-hybridized carbons (Fsp3) is 0.0714. The van der Waals surface area contributed by atoms with E-state index in [-0.39, 0.29) is 17.1 Å². The summed E-state index contributed by atoms with van der Waals surface area (Å²) >= 11 is 0. The van der Waals surface area contributed by atoms with Gasteiger partial charge in [0.15, 0.2) is 0 Å². The van der Waals surface area contributed by atoms with Gasteiger partial charge in [-0.15, -0.1) is 0 Å². The summed E-state index contributed by atoms with van der Waals surface area (Å²) in [7, 11) is 0. The Morgan fingerprint density at radius 3 is 2.00 bits per heavy atom. The molecule has 0 radical (unpaired) electrons. The van der Waals surface area contributed by atoms with Crippen LogP contribution in [0.15, 0.2) is 48.5 Å². The average Bonchev–Trinajstić information content (AvgIpc) is 2.40. The molecule has 0 heterocycles. The monoisotopic (exact) mass is 282 g/mol. The van der Waals surface area contributed by atoms with E-state index in [1.54, 1.807) is 0 Å². The molecule has 0 unspecified atom stereocenters. The molecule has 2 aromatic rings. The third-order valence-corrected chi connectivity index (χ3v) is 2.50. The van der Waals surface area contributed by atoms with E-state index in [4.69, 9.17) is 9.84 Å². The number of ether oxygens (including phenoxy) is 1. The van der Waals surface area contributed by atoms with Gasteiger partial charge in [-0.25, -0.2) is 4.79 Å². The van der Waals surface area contributed by atoms with Gasteiger partial charge in [0, 0.05) is 0 Å². The number of rotatable bonds is 2. The molecule has 2 aromatic carbocycles. The molecule has 0 saturated carbocycles. The molecule has 0 amide bonds. The number of benzene rings is 2. The summed E-state index contributed by atoms with van der Waals surface area (Å²) in [4.78, 5) is 11.7. The zero-order valence-corrected chi connectivity index (χ0v) is 10.0. The lowest BCUT2D eigenvalue weighted by Crippen LogP contribution is -2.10. The van der Waals surface area contributed by atoms with Crippen LogP contribution < -0.4 is 4.74 Å². The van der Waals surface area contributed by atoms with Crippen molar-refractivity contribution in [3.05, 3.63) is 59.7 Å². The van der Waals surface area contributed by atoms with Gasteiger partial charge < -0.3 is 9.84 Å².